The largest absolute Gasteiger partial charge is 0.405 e. The van der Waals surface area contributed by atoms with Crippen LogP contribution in [0, 0.1) is 11.5 Å². The normalized spacial score (nSPS) is 12.5. The molecule has 0 fully saturated rings. The minimum Gasteiger partial charge on any atom is -0.345 e. The third kappa shape index (κ3) is 5.36. The predicted molar refractivity (Wildman–Crippen MR) is 45.2 cm³/mol. The van der Waals surface area contributed by atoms with Crippen LogP contribution < -0.4 is 0 Å². The second-order valence-electron chi connectivity index (χ2n) is 2.17. The molecule has 13 heavy (non-hydrogen) atoms. The van der Waals surface area contributed by atoms with Crippen LogP contribution in [0.4, 0.5) is 13.2 Å². The van der Waals surface area contributed by atoms with E-state index in [1.165, 1.54) is 13.2 Å². The van der Waals surface area contributed by atoms with Gasteiger partial charge in [0.25, 0.3) is 0 Å². The zero-order valence-corrected chi connectivity index (χ0v) is 7.91. The third-order valence-corrected chi connectivity index (χ3v) is 1.84. The lowest BCUT2D eigenvalue weighted by atomic mass is 10.6. The lowest BCUT2D eigenvalue weighted by molar-refractivity contribution is -0.135. The molecule has 0 aromatic heterocycles. The molecule has 0 aliphatic rings. The molecule has 0 atom stereocenters. The highest BCUT2D eigenvalue weighted by Gasteiger charge is 2.30. The molecule has 0 radical (unpaired) electrons. The van der Waals surface area contributed by atoms with Crippen LogP contribution in [0.2, 0.25) is 0 Å². The number of hydrogen-bond acceptors (Lipinski definition) is 3. The maximum absolute atomic E-state index is 11.9. The van der Waals surface area contributed by atoms with Gasteiger partial charge in [-0.2, -0.15) is 18.4 Å². The van der Waals surface area contributed by atoms with Crippen LogP contribution in [0.1, 0.15) is 0 Å². The topological polar surface area (TPSA) is 39.4 Å². The van der Waals surface area contributed by atoms with Crippen molar-refractivity contribution in [2.45, 2.75) is 6.18 Å². The van der Waals surface area contributed by atoms with Crippen LogP contribution >= 0.6 is 11.8 Å². The summed E-state index contributed by atoms with van der Waals surface area (Å²) in [7, 11) is 1.24. The second kappa shape index (κ2) is 4.97. The first-order valence-electron chi connectivity index (χ1n) is 3.19. The van der Waals surface area contributed by atoms with Crippen molar-refractivity contribution < 1.29 is 13.2 Å². The molecule has 0 spiro atoms. The fourth-order valence-electron chi connectivity index (χ4n) is 0.666. The van der Waals surface area contributed by atoms with Crippen LogP contribution in [-0.4, -0.2) is 36.1 Å². The van der Waals surface area contributed by atoms with Crippen molar-refractivity contribution in [1.29, 1.82) is 5.26 Å². The van der Waals surface area contributed by atoms with Crippen LogP contribution in [0.25, 0.3) is 0 Å². The molecule has 0 amide bonds. The van der Waals surface area contributed by atoms with E-state index in [4.69, 9.17) is 5.26 Å². The van der Waals surface area contributed by atoms with Crippen LogP contribution in [0.5, 0.6) is 0 Å². The van der Waals surface area contributed by atoms with E-state index in [9.17, 15) is 13.2 Å². The Bertz CT molecular complexity index is 230. The number of amidine groups is 1. The SMILES string of the molecule is CSC(=NC#N)N(C)CC(F)(F)F. The molecule has 0 rings (SSSR count). The number of alkyl halides is 3. The molecular formula is C6H8F3N3S. The van der Waals surface area contributed by atoms with Crippen molar-refractivity contribution in [2.24, 2.45) is 4.99 Å². The van der Waals surface area contributed by atoms with Gasteiger partial charge in [0.1, 0.15) is 6.54 Å². The Balaban J connectivity index is 4.33. The molecule has 0 bridgehead atoms. The number of thioether (sulfide) groups is 1. The minimum atomic E-state index is -4.28. The summed E-state index contributed by atoms with van der Waals surface area (Å²) in [6, 6.07) is 0. The van der Waals surface area contributed by atoms with Crippen molar-refractivity contribution in [3.05, 3.63) is 0 Å². The molecule has 0 heterocycles. The average Bonchev–Trinajstić information content (AvgIpc) is 1.96. The molecule has 0 saturated heterocycles. The van der Waals surface area contributed by atoms with Gasteiger partial charge in [-0.05, 0) is 6.26 Å². The van der Waals surface area contributed by atoms with Crippen molar-refractivity contribution >= 4 is 16.9 Å². The predicted octanol–water partition coefficient (Wildman–Crippen LogP) is 1.68. The van der Waals surface area contributed by atoms with Crippen LogP contribution in [0.15, 0.2) is 4.99 Å². The first-order valence-corrected chi connectivity index (χ1v) is 4.42. The van der Waals surface area contributed by atoms with Gasteiger partial charge in [0.2, 0.25) is 6.19 Å². The molecule has 0 aliphatic carbocycles. The zero-order chi connectivity index (χ0) is 10.5. The van der Waals surface area contributed by atoms with Gasteiger partial charge in [0, 0.05) is 7.05 Å². The van der Waals surface area contributed by atoms with E-state index in [0.29, 0.717) is 0 Å². The highest BCUT2D eigenvalue weighted by molar-refractivity contribution is 8.13. The summed E-state index contributed by atoms with van der Waals surface area (Å²) in [4.78, 5) is 4.12. The first kappa shape index (κ1) is 12.1. The lowest BCUT2D eigenvalue weighted by Crippen LogP contribution is -2.34. The molecule has 0 aliphatic heterocycles. The summed E-state index contributed by atoms with van der Waals surface area (Å²) in [5.74, 6) is 0. The maximum Gasteiger partial charge on any atom is 0.405 e. The number of hydrogen-bond donors (Lipinski definition) is 0. The standard InChI is InChI=1S/C6H8F3N3S/c1-12(3-6(7,8)9)5(13-2)11-4-10/h3H2,1-2H3. The van der Waals surface area contributed by atoms with Gasteiger partial charge in [-0.1, -0.05) is 11.8 Å². The lowest BCUT2D eigenvalue weighted by Gasteiger charge is -2.19. The van der Waals surface area contributed by atoms with E-state index < -0.39 is 12.7 Å². The molecule has 0 unspecified atom stereocenters. The molecule has 74 valence electrons. The Morgan fingerprint density at radius 2 is 2.15 bits per heavy atom. The highest BCUT2D eigenvalue weighted by atomic mass is 32.2. The Kier molecular flexibility index (Phi) is 4.62. The number of rotatable bonds is 1. The Morgan fingerprint density at radius 3 is 2.46 bits per heavy atom. The van der Waals surface area contributed by atoms with Crippen molar-refractivity contribution in [3.8, 4) is 6.19 Å². The summed E-state index contributed by atoms with van der Waals surface area (Å²) >= 11 is 0.997. The molecule has 0 aromatic carbocycles. The molecule has 0 N–H and O–H groups in total. The van der Waals surface area contributed by atoms with Gasteiger partial charge in [-0.15, -0.1) is 4.99 Å². The average molecular weight is 211 g/mol. The quantitative estimate of drug-likeness (QED) is 0.376. The number of nitrogens with zero attached hydrogens (tertiary/aromatic N) is 3. The van der Waals surface area contributed by atoms with E-state index in [1.54, 1.807) is 6.26 Å². The molecule has 0 saturated carbocycles. The van der Waals surface area contributed by atoms with Gasteiger partial charge < -0.3 is 4.90 Å². The molecule has 0 aromatic rings. The molecule has 7 heteroatoms. The van der Waals surface area contributed by atoms with Gasteiger partial charge in [-0.25, -0.2) is 0 Å². The smallest absolute Gasteiger partial charge is 0.345 e. The summed E-state index contributed by atoms with van der Waals surface area (Å²) in [5, 5.41) is 8.21. The summed E-state index contributed by atoms with van der Waals surface area (Å²) in [5.41, 5.74) is 0. The van der Waals surface area contributed by atoms with E-state index in [2.05, 4.69) is 4.99 Å². The second-order valence-corrected chi connectivity index (χ2v) is 2.94. The van der Waals surface area contributed by atoms with Crippen LogP contribution in [0.3, 0.4) is 0 Å². The van der Waals surface area contributed by atoms with Gasteiger partial charge in [0.05, 0.1) is 0 Å². The van der Waals surface area contributed by atoms with E-state index in [1.807, 2.05) is 0 Å². The fraction of sp³-hybridized carbons (Fsp3) is 0.667. The monoisotopic (exact) mass is 211 g/mol. The number of aliphatic imine (C=N–C) groups is 1. The van der Waals surface area contributed by atoms with Crippen molar-refractivity contribution in [2.75, 3.05) is 19.8 Å². The number of nitriles is 1. The Labute approximate surface area is 78.2 Å². The van der Waals surface area contributed by atoms with E-state index >= 15 is 0 Å². The van der Waals surface area contributed by atoms with Gasteiger partial charge >= 0.3 is 6.18 Å². The van der Waals surface area contributed by atoms with Crippen molar-refractivity contribution in [1.82, 2.24) is 4.90 Å². The minimum absolute atomic E-state index is 0.0554. The van der Waals surface area contributed by atoms with E-state index in [-0.39, 0.29) is 5.17 Å². The summed E-state index contributed by atoms with van der Waals surface area (Å²) < 4.78 is 35.6. The Morgan fingerprint density at radius 1 is 1.62 bits per heavy atom. The third-order valence-electron chi connectivity index (χ3n) is 1.07. The van der Waals surface area contributed by atoms with Crippen molar-refractivity contribution in [3.63, 3.8) is 0 Å². The van der Waals surface area contributed by atoms with Crippen LogP contribution in [-0.2, 0) is 0 Å². The summed E-state index contributed by atoms with van der Waals surface area (Å²) in [6.07, 6.45) is -1.28. The molecule has 3 nitrogen and oxygen atoms in total. The summed E-state index contributed by atoms with van der Waals surface area (Å²) in [6.45, 7) is -1.10. The van der Waals surface area contributed by atoms with Gasteiger partial charge in [0.15, 0.2) is 5.17 Å². The molecular weight excluding hydrogens is 203 g/mol. The maximum atomic E-state index is 11.9. The highest BCUT2D eigenvalue weighted by Crippen LogP contribution is 2.17. The fourth-order valence-corrected chi connectivity index (χ4v) is 1.17. The first-order chi connectivity index (χ1) is 5.90. The van der Waals surface area contributed by atoms with E-state index in [0.717, 1.165) is 16.7 Å². The van der Waals surface area contributed by atoms with Gasteiger partial charge in [-0.3, -0.25) is 0 Å². The zero-order valence-electron chi connectivity index (χ0n) is 7.09. The Hall–Kier alpha value is -0.900. The number of halogens is 3.